The zero-order valence-electron chi connectivity index (χ0n) is 8.73. The first kappa shape index (κ1) is 9.93. The predicted octanol–water partition coefficient (Wildman–Crippen LogP) is 2.27. The van der Waals surface area contributed by atoms with Crippen molar-refractivity contribution in [2.75, 3.05) is 0 Å². The van der Waals surface area contributed by atoms with Crippen LogP contribution in [0.1, 0.15) is 16.8 Å². The SMILES string of the molecule is Cc1ccc(CNCc2ccon2)cc1. The third-order valence-corrected chi connectivity index (χ3v) is 2.25. The van der Waals surface area contributed by atoms with Crippen molar-refractivity contribution in [1.29, 1.82) is 0 Å². The zero-order chi connectivity index (χ0) is 10.5. The Morgan fingerprint density at radius 1 is 1.13 bits per heavy atom. The smallest absolute Gasteiger partial charge is 0.124 e. The van der Waals surface area contributed by atoms with Crippen molar-refractivity contribution in [3.8, 4) is 0 Å². The van der Waals surface area contributed by atoms with Crippen LogP contribution in [0.3, 0.4) is 0 Å². The van der Waals surface area contributed by atoms with Crippen molar-refractivity contribution in [2.45, 2.75) is 20.0 Å². The largest absolute Gasteiger partial charge is 0.364 e. The van der Waals surface area contributed by atoms with E-state index in [1.807, 2.05) is 6.07 Å². The van der Waals surface area contributed by atoms with Gasteiger partial charge in [0, 0.05) is 19.2 Å². The monoisotopic (exact) mass is 202 g/mol. The molecule has 1 heterocycles. The van der Waals surface area contributed by atoms with Gasteiger partial charge in [-0.15, -0.1) is 0 Å². The Kier molecular flexibility index (Phi) is 3.15. The molecule has 2 rings (SSSR count). The van der Waals surface area contributed by atoms with Crippen LogP contribution in [0, 0.1) is 6.92 Å². The van der Waals surface area contributed by atoms with Crippen molar-refractivity contribution in [3.05, 3.63) is 53.4 Å². The lowest BCUT2D eigenvalue weighted by Crippen LogP contribution is -2.12. The van der Waals surface area contributed by atoms with Gasteiger partial charge >= 0.3 is 0 Å². The number of aryl methyl sites for hydroxylation is 1. The zero-order valence-corrected chi connectivity index (χ0v) is 8.73. The number of nitrogens with zero attached hydrogens (tertiary/aromatic N) is 1. The summed E-state index contributed by atoms with van der Waals surface area (Å²) in [5.74, 6) is 0. The maximum atomic E-state index is 4.74. The van der Waals surface area contributed by atoms with Crippen molar-refractivity contribution in [1.82, 2.24) is 10.5 Å². The molecule has 0 unspecified atom stereocenters. The molecule has 1 aromatic carbocycles. The minimum Gasteiger partial charge on any atom is -0.364 e. The number of nitrogens with one attached hydrogen (secondary N) is 1. The Balaban J connectivity index is 1.81. The Morgan fingerprint density at radius 2 is 1.93 bits per heavy atom. The summed E-state index contributed by atoms with van der Waals surface area (Å²) >= 11 is 0. The number of aromatic nitrogens is 1. The van der Waals surface area contributed by atoms with Crippen LogP contribution in [0.2, 0.25) is 0 Å². The molecule has 15 heavy (non-hydrogen) atoms. The lowest BCUT2D eigenvalue weighted by atomic mass is 10.1. The summed E-state index contributed by atoms with van der Waals surface area (Å²) in [5.41, 5.74) is 3.50. The van der Waals surface area contributed by atoms with Gasteiger partial charge < -0.3 is 9.84 Å². The second-order valence-corrected chi connectivity index (χ2v) is 3.58. The Bertz CT molecular complexity index is 392. The van der Waals surface area contributed by atoms with E-state index in [9.17, 15) is 0 Å². The fraction of sp³-hybridized carbons (Fsp3) is 0.250. The lowest BCUT2D eigenvalue weighted by molar-refractivity contribution is 0.408. The van der Waals surface area contributed by atoms with E-state index in [4.69, 9.17) is 4.52 Å². The molecule has 0 aliphatic rings. The molecule has 0 bridgehead atoms. The van der Waals surface area contributed by atoms with Gasteiger partial charge in [-0.2, -0.15) is 0 Å². The minimum absolute atomic E-state index is 0.740. The highest BCUT2D eigenvalue weighted by Gasteiger charge is 1.96. The van der Waals surface area contributed by atoms with Crippen LogP contribution in [-0.4, -0.2) is 5.16 Å². The number of benzene rings is 1. The van der Waals surface area contributed by atoms with Crippen LogP contribution in [0.5, 0.6) is 0 Å². The topological polar surface area (TPSA) is 38.1 Å². The molecular weight excluding hydrogens is 188 g/mol. The molecule has 0 saturated carbocycles. The van der Waals surface area contributed by atoms with Gasteiger partial charge in [-0.3, -0.25) is 0 Å². The van der Waals surface area contributed by atoms with Crippen LogP contribution >= 0.6 is 0 Å². The van der Waals surface area contributed by atoms with Crippen LogP contribution in [0.15, 0.2) is 41.1 Å². The van der Waals surface area contributed by atoms with E-state index < -0.39 is 0 Å². The molecule has 0 saturated heterocycles. The Hall–Kier alpha value is -1.61. The Morgan fingerprint density at radius 3 is 2.60 bits per heavy atom. The van der Waals surface area contributed by atoms with E-state index in [0.29, 0.717) is 0 Å². The van der Waals surface area contributed by atoms with Gasteiger partial charge in [-0.1, -0.05) is 35.0 Å². The molecule has 3 nitrogen and oxygen atoms in total. The highest BCUT2D eigenvalue weighted by molar-refractivity contribution is 5.21. The first-order chi connectivity index (χ1) is 7.34. The van der Waals surface area contributed by atoms with Gasteiger partial charge in [0.05, 0.1) is 5.69 Å². The highest BCUT2D eigenvalue weighted by atomic mass is 16.5. The van der Waals surface area contributed by atoms with Gasteiger partial charge in [0.25, 0.3) is 0 Å². The summed E-state index contributed by atoms with van der Waals surface area (Å²) in [4.78, 5) is 0. The van der Waals surface area contributed by atoms with Crippen molar-refractivity contribution in [2.24, 2.45) is 0 Å². The highest BCUT2D eigenvalue weighted by Crippen LogP contribution is 2.03. The summed E-state index contributed by atoms with van der Waals surface area (Å²) in [7, 11) is 0. The van der Waals surface area contributed by atoms with Gasteiger partial charge in [-0.25, -0.2) is 0 Å². The number of rotatable bonds is 4. The molecular formula is C12H14N2O. The molecule has 0 amide bonds. The maximum Gasteiger partial charge on any atom is 0.124 e. The van der Waals surface area contributed by atoms with Crippen LogP contribution in [0.25, 0.3) is 0 Å². The second kappa shape index (κ2) is 4.75. The molecule has 3 heteroatoms. The van der Waals surface area contributed by atoms with E-state index in [2.05, 4.69) is 41.7 Å². The first-order valence-corrected chi connectivity index (χ1v) is 5.00. The molecule has 0 spiro atoms. The standard InChI is InChI=1S/C12H14N2O/c1-10-2-4-11(5-3-10)8-13-9-12-6-7-15-14-12/h2-7,13H,8-9H2,1H3. The van der Waals surface area contributed by atoms with E-state index in [1.54, 1.807) is 6.26 Å². The lowest BCUT2D eigenvalue weighted by Gasteiger charge is -2.02. The summed E-state index contributed by atoms with van der Waals surface area (Å²) in [5, 5.41) is 7.13. The predicted molar refractivity (Wildman–Crippen MR) is 58.2 cm³/mol. The third-order valence-electron chi connectivity index (χ3n) is 2.25. The van der Waals surface area contributed by atoms with Gasteiger partial charge in [-0.05, 0) is 12.5 Å². The normalized spacial score (nSPS) is 10.5. The quantitative estimate of drug-likeness (QED) is 0.826. The number of hydrogen-bond donors (Lipinski definition) is 1. The molecule has 0 aliphatic heterocycles. The molecule has 2 aromatic rings. The van der Waals surface area contributed by atoms with Crippen LogP contribution in [0.4, 0.5) is 0 Å². The minimum atomic E-state index is 0.740. The fourth-order valence-corrected chi connectivity index (χ4v) is 1.37. The average Bonchev–Trinajstić information content (AvgIpc) is 2.74. The second-order valence-electron chi connectivity index (χ2n) is 3.58. The van der Waals surface area contributed by atoms with Crippen molar-refractivity contribution in [3.63, 3.8) is 0 Å². The molecule has 1 N–H and O–H groups in total. The van der Waals surface area contributed by atoms with E-state index >= 15 is 0 Å². The van der Waals surface area contributed by atoms with Crippen LogP contribution in [-0.2, 0) is 13.1 Å². The molecule has 78 valence electrons. The fourth-order valence-electron chi connectivity index (χ4n) is 1.37. The van der Waals surface area contributed by atoms with Gasteiger partial charge in [0.2, 0.25) is 0 Å². The molecule has 0 atom stereocenters. The summed E-state index contributed by atoms with van der Waals surface area (Å²) in [6.07, 6.45) is 1.59. The average molecular weight is 202 g/mol. The first-order valence-electron chi connectivity index (χ1n) is 5.00. The van der Waals surface area contributed by atoms with Gasteiger partial charge in [0.15, 0.2) is 0 Å². The summed E-state index contributed by atoms with van der Waals surface area (Å²) in [6.45, 7) is 3.68. The van der Waals surface area contributed by atoms with Gasteiger partial charge in [0.1, 0.15) is 6.26 Å². The summed E-state index contributed by atoms with van der Waals surface area (Å²) < 4.78 is 4.74. The van der Waals surface area contributed by atoms with E-state index in [-0.39, 0.29) is 0 Å². The molecule has 0 fully saturated rings. The van der Waals surface area contributed by atoms with Crippen LogP contribution < -0.4 is 5.32 Å². The Labute approximate surface area is 89.1 Å². The molecule has 0 aliphatic carbocycles. The van der Waals surface area contributed by atoms with E-state index in [1.165, 1.54) is 11.1 Å². The number of hydrogen-bond acceptors (Lipinski definition) is 3. The van der Waals surface area contributed by atoms with Crippen molar-refractivity contribution < 1.29 is 4.52 Å². The van der Waals surface area contributed by atoms with Crippen molar-refractivity contribution >= 4 is 0 Å². The third kappa shape index (κ3) is 2.92. The van der Waals surface area contributed by atoms with E-state index in [0.717, 1.165) is 18.8 Å². The molecule has 0 radical (unpaired) electrons. The summed E-state index contributed by atoms with van der Waals surface area (Å²) in [6, 6.07) is 10.4. The maximum absolute atomic E-state index is 4.74. The molecule has 1 aromatic heterocycles.